The number of methoxy groups -OCH3 is 1. The Kier molecular flexibility index (Phi) is 6.60. The smallest absolute Gasteiger partial charge is 0.416 e. The lowest BCUT2D eigenvalue weighted by atomic mass is 10.2. The topological polar surface area (TPSA) is 102 Å². The van der Waals surface area contributed by atoms with Crippen LogP contribution < -0.4 is 14.8 Å². The number of nitriles is 1. The molecule has 36 heavy (non-hydrogen) atoms. The molecule has 1 N–H and O–H groups in total. The second-order valence-electron chi connectivity index (χ2n) is 7.54. The highest BCUT2D eigenvalue weighted by atomic mass is 19.4. The molecule has 1 amide bonds. The highest BCUT2D eigenvalue weighted by Crippen LogP contribution is 2.31. The molecule has 182 valence electrons. The predicted molar refractivity (Wildman–Crippen MR) is 123 cm³/mol. The maximum Gasteiger partial charge on any atom is 0.416 e. The van der Waals surface area contributed by atoms with Crippen LogP contribution in [0.4, 0.5) is 18.9 Å². The highest BCUT2D eigenvalue weighted by molar-refractivity contribution is 6.05. The van der Waals surface area contributed by atoms with Crippen molar-refractivity contribution < 1.29 is 27.4 Å². The molecule has 0 radical (unpaired) electrons. The number of hydrogen-bond donors (Lipinski definition) is 1. The molecule has 0 saturated heterocycles. The van der Waals surface area contributed by atoms with Crippen LogP contribution in [0.5, 0.6) is 17.4 Å². The largest absolute Gasteiger partial charge is 0.493 e. The van der Waals surface area contributed by atoms with Crippen LogP contribution in [-0.2, 0) is 6.18 Å². The van der Waals surface area contributed by atoms with Gasteiger partial charge in [-0.15, -0.1) is 0 Å². The van der Waals surface area contributed by atoms with E-state index >= 15 is 0 Å². The lowest BCUT2D eigenvalue weighted by molar-refractivity contribution is -0.137. The minimum Gasteiger partial charge on any atom is -0.493 e. The molecule has 8 nitrogen and oxygen atoms in total. The molecule has 0 spiro atoms. The third-order valence-electron chi connectivity index (χ3n) is 5.11. The van der Waals surface area contributed by atoms with E-state index in [1.807, 2.05) is 6.07 Å². The SMILES string of the molecule is COc1cn(-c2cccc(C(F)(F)F)c2)nc1C(=O)Nc1ccc(Oc2ncccc2C#N)cc1C. The van der Waals surface area contributed by atoms with Crippen molar-refractivity contribution >= 4 is 11.6 Å². The average molecular weight is 493 g/mol. The van der Waals surface area contributed by atoms with Gasteiger partial charge in [-0.3, -0.25) is 4.79 Å². The van der Waals surface area contributed by atoms with Crippen LogP contribution in [0.3, 0.4) is 0 Å². The number of rotatable bonds is 6. The van der Waals surface area contributed by atoms with Crippen LogP contribution in [0.2, 0.25) is 0 Å². The molecule has 4 aromatic rings. The van der Waals surface area contributed by atoms with Crippen molar-refractivity contribution in [1.29, 1.82) is 5.26 Å². The van der Waals surface area contributed by atoms with Crippen molar-refractivity contribution in [2.45, 2.75) is 13.1 Å². The van der Waals surface area contributed by atoms with E-state index in [0.717, 1.165) is 16.8 Å². The average Bonchev–Trinajstić information content (AvgIpc) is 3.30. The summed E-state index contributed by atoms with van der Waals surface area (Å²) in [5.41, 5.74) is 0.533. The standard InChI is InChI=1S/C25H18F3N5O3/c1-15-11-19(36-24-16(13-29)5-4-10-30-24)8-9-20(15)31-23(34)22-21(35-2)14-33(32-22)18-7-3-6-17(12-18)25(26,27)28/h3-12,14H,1-2H3,(H,31,34). The van der Waals surface area contributed by atoms with Gasteiger partial charge in [-0.05, 0) is 61.0 Å². The van der Waals surface area contributed by atoms with Crippen LogP contribution in [0.1, 0.15) is 27.2 Å². The molecule has 2 heterocycles. The molecular formula is C25H18F3N5O3. The number of nitrogens with one attached hydrogen (secondary N) is 1. The van der Waals surface area contributed by atoms with Gasteiger partial charge in [0, 0.05) is 11.9 Å². The van der Waals surface area contributed by atoms with Gasteiger partial charge in [0.25, 0.3) is 5.91 Å². The minimum atomic E-state index is -4.52. The quantitative estimate of drug-likeness (QED) is 0.380. The molecule has 0 aliphatic carbocycles. The Balaban J connectivity index is 1.56. The Hall–Kier alpha value is -4.85. The lowest BCUT2D eigenvalue weighted by Gasteiger charge is -2.11. The van der Waals surface area contributed by atoms with E-state index in [9.17, 15) is 23.2 Å². The van der Waals surface area contributed by atoms with Gasteiger partial charge in [-0.1, -0.05) is 6.07 Å². The fourth-order valence-electron chi connectivity index (χ4n) is 3.31. The van der Waals surface area contributed by atoms with Gasteiger partial charge in [0.15, 0.2) is 11.4 Å². The number of pyridine rings is 1. The second kappa shape index (κ2) is 9.79. The van der Waals surface area contributed by atoms with E-state index in [1.165, 1.54) is 31.6 Å². The summed E-state index contributed by atoms with van der Waals surface area (Å²) in [5.74, 6) is 0.0284. The normalized spacial score (nSPS) is 11.0. The molecule has 0 unspecified atom stereocenters. The van der Waals surface area contributed by atoms with E-state index in [1.54, 1.807) is 37.3 Å². The molecule has 0 saturated carbocycles. The van der Waals surface area contributed by atoms with Gasteiger partial charge >= 0.3 is 6.18 Å². The number of carbonyl (C=O) groups is 1. The Morgan fingerprint density at radius 3 is 2.64 bits per heavy atom. The highest BCUT2D eigenvalue weighted by Gasteiger charge is 2.31. The monoisotopic (exact) mass is 493 g/mol. The first-order chi connectivity index (χ1) is 17.2. The fraction of sp³-hybridized carbons (Fsp3) is 0.120. The number of anilines is 1. The third-order valence-corrected chi connectivity index (χ3v) is 5.11. The minimum absolute atomic E-state index is 0.0849. The Bertz CT molecular complexity index is 1470. The molecule has 0 aliphatic rings. The number of benzene rings is 2. The van der Waals surface area contributed by atoms with E-state index in [4.69, 9.17) is 9.47 Å². The van der Waals surface area contributed by atoms with Gasteiger partial charge in [0.05, 0.1) is 24.6 Å². The summed E-state index contributed by atoms with van der Waals surface area (Å²) >= 11 is 0. The third kappa shape index (κ3) is 5.12. The number of alkyl halides is 3. The van der Waals surface area contributed by atoms with Gasteiger partial charge in [0.2, 0.25) is 5.88 Å². The fourth-order valence-corrected chi connectivity index (χ4v) is 3.31. The zero-order chi connectivity index (χ0) is 25.9. The number of aromatic nitrogens is 3. The molecule has 11 heteroatoms. The van der Waals surface area contributed by atoms with Gasteiger partial charge < -0.3 is 14.8 Å². The van der Waals surface area contributed by atoms with Crippen LogP contribution in [0.25, 0.3) is 5.69 Å². The number of halogens is 3. The molecule has 0 aliphatic heterocycles. The van der Waals surface area contributed by atoms with E-state index in [0.29, 0.717) is 17.0 Å². The summed E-state index contributed by atoms with van der Waals surface area (Å²) in [6, 6.07) is 14.6. The van der Waals surface area contributed by atoms with Crippen molar-refractivity contribution in [1.82, 2.24) is 14.8 Å². The number of carbonyl (C=O) groups excluding carboxylic acids is 1. The lowest BCUT2D eigenvalue weighted by Crippen LogP contribution is -2.15. The zero-order valence-electron chi connectivity index (χ0n) is 19.0. The van der Waals surface area contributed by atoms with Crippen molar-refractivity contribution in [2.24, 2.45) is 0 Å². The van der Waals surface area contributed by atoms with Crippen molar-refractivity contribution in [2.75, 3.05) is 12.4 Å². The van der Waals surface area contributed by atoms with Crippen molar-refractivity contribution in [3.05, 3.63) is 89.4 Å². The van der Waals surface area contributed by atoms with E-state index in [2.05, 4.69) is 15.4 Å². The number of nitrogens with zero attached hydrogens (tertiary/aromatic N) is 4. The Morgan fingerprint density at radius 1 is 1.14 bits per heavy atom. The van der Waals surface area contributed by atoms with E-state index in [-0.39, 0.29) is 28.6 Å². The molecule has 0 bridgehead atoms. The Labute approximate surface area is 203 Å². The Morgan fingerprint density at radius 2 is 1.94 bits per heavy atom. The molecule has 0 fully saturated rings. The first kappa shape index (κ1) is 24.3. The van der Waals surface area contributed by atoms with E-state index < -0.39 is 17.6 Å². The first-order valence-corrected chi connectivity index (χ1v) is 10.5. The number of amides is 1. The van der Waals surface area contributed by atoms with Crippen LogP contribution >= 0.6 is 0 Å². The molecule has 2 aromatic heterocycles. The van der Waals surface area contributed by atoms with Gasteiger partial charge in [0.1, 0.15) is 17.4 Å². The second-order valence-corrected chi connectivity index (χ2v) is 7.54. The van der Waals surface area contributed by atoms with Gasteiger partial charge in [-0.2, -0.15) is 23.5 Å². The van der Waals surface area contributed by atoms with Crippen molar-refractivity contribution in [3.8, 4) is 29.1 Å². The first-order valence-electron chi connectivity index (χ1n) is 10.5. The molecular weight excluding hydrogens is 475 g/mol. The summed E-state index contributed by atoms with van der Waals surface area (Å²) < 4.78 is 51.3. The summed E-state index contributed by atoms with van der Waals surface area (Å²) in [4.78, 5) is 17.0. The summed E-state index contributed by atoms with van der Waals surface area (Å²) in [5, 5.41) is 16.0. The van der Waals surface area contributed by atoms with Gasteiger partial charge in [-0.25, -0.2) is 9.67 Å². The van der Waals surface area contributed by atoms with Crippen LogP contribution in [-0.4, -0.2) is 27.8 Å². The number of aryl methyl sites for hydroxylation is 1. The number of hydrogen-bond acceptors (Lipinski definition) is 6. The maximum atomic E-state index is 13.1. The number of ether oxygens (including phenoxy) is 2. The maximum absolute atomic E-state index is 13.1. The molecule has 4 rings (SSSR count). The molecule has 0 atom stereocenters. The summed E-state index contributed by atoms with van der Waals surface area (Å²) in [7, 11) is 1.33. The summed E-state index contributed by atoms with van der Waals surface area (Å²) in [6.07, 6.45) is -1.69. The summed E-state index contributed by atoms with van der Waals surface area (Å²) in [6.45, 7) is 1.74. The predicted octanol–water partition coefficient (Wildman–Crippen LogP) is 5.52. The molecule has 2 aromatic carbocycles. The zero-order valence-corrected chi connectivity index (χ0v) is 19.0. The van der Waals surface area contributed by atoms with Crippen LogP contribution in [0.15, 0.2) is 67.0 Å². The van der Waals surface area contributed by atoms with Crippen LogP contribution in [0, 0.1) is 18.3 Å². The van der Waals surface area contributed by atoms with Crippen molar-refractivity contribution in [3.63, 3.8) is 0 Å².